The Morgan fingerprint density at radius 1 is 1.11 bits per heavy atom. The molecule has 0 bridgehead atoms. The van der Waals surface area contributed by atoms with Crippen LogP contribution in [0.4, 0.5) is 20.4 Å². The van der Waals surface area contributed by atoms with Gasteiger partial charge < -0.3 is 11.1 Å². The number of nitrogen functional groups attached to an aromatic ring is 1. The normalized spacial score (nSPS) is 10.5. The van der Waals surface area contributed by atoms with Gasteiger partial charge in [-0.05, 0) is 31.0 Å². The van der Waals surface area contributed by atoms with Crippen molar-refractivity contribution < 1.29 is 8.78 Å². The number of rotatable bonds is 4. The molecule has 6 heteroatoms. The highest BCUT2D eigenvalue weighted by Gasteiger charge is 2.02. The summed E-state index contributed by atoms with van der Waals surface area (Å²) in [5.74, 6) is 0.405. The first-order valence-corrected chi connectivity index (χ1v) is 5.83. The van der Waals surface area contributed by atoms with Crippen LogP contribution < -0.4 is 11.1 Å². The van der Waals surface area contributed by atoms with Crippen LogP contribution in [0.15, 0.2) is 24.3 Å². The maximum absolute atomic E-state index is 13.0. The van der Waals surface area contributed by atoms with Crippen LogP contribution in [-0.2, 0) is 6.42 Å². The fourth-order valence-electron chi connectivity index (χ4n) is 1.77. The molecule has 0 spiro atoms. The standard InChI is InChI=1S/C13H14F2N4/c1-8-18-12(16)7-13(19-8)17-3-2-9-4-10(14)6-11(15)5-9/h4-7H,2-3H2,1H3,(H3,16,17,18,19). The lowest BCUT2D eigenvalue weighted by atomic mass is 10.1. The number of aromatic nitrogens is 2. The Morgan fingerprint density at radius 3 is 2.42 bits per heavy atom. The first kappa shape index (κ1) is 13.2. The van der Waals surface area contributed by atoms with Crippen molar-refractivity contribution in [2.75, 3.05) is 17.6 Å². The van der Waals surface area contributed by atoms with Crippen molar-refractivity contribution >= 4 is 11.6 Å². The molecule has 0 amide bonds. The largest absolute Gasteiger partial charge is 0.384 e. The van der Waals surface area contributed by atoms with Crippen molar-refractivity contribution in [3.63, 3.8) is 0 Å². The number of anilines is 2. The van der Waals surface area contributed by atoms with Crippen LogP contribution >= 0.6 is 0 Å². The Labute approximate surface area is 109 Å². The first-order valence-electron chi connectivity index (χ1n) is 5.83. The molecule has 1 heterocycles. The zero-order valence-corrected chi connectivity index (χ0v) is 10.5. The Morgan fingerprint density at radius 2 is 1.79 bits per heavy atom. The van der Waals surface area contributed by atoms with Crippen molar-refractivity contribution in [1.82, 2.24) is 9.97 Å². The molecule has 0 saturated heterocycles. The van der Waals surface area contributed by atoms with Gasteiger partial charge in [-0.3, -0.25) is 0 Å². The maximum Gasteiger partial charge on any atom is 0.131 e. The third-order valence-corrected chi connectivity index (χ3v) is 2.50. The van der Waals surface area contributed by atoms with Gasteiger partial charge in [0.05, 0.1) is 0 Å². The molecule has 4 nitrogen and oxygen atoms in total. The van der Waals surface area contributed by atoms with E-state index in [1.807, 2.05) is 0 Å². The summed E-state index contributed by atoms with van der Waals surface area (Å²) in [5, 5.41) is 3.04. The second kappa shape index (κ2) is 5.60. The van der Waals surface area contributed by atoms with Crippen molar-refractivity contribution in [2.45, 2.75) is 13.3 Å². The number of aryl methyl sites for hydroxylation is 1. The van der Waals surface area contributed by atoms with E-state index in [2.05, 4.69) is 15.3 Å². The van der Waals surface area contributed by atoms with Crippen LogP contribution in [0.1, 0.15) is 11.4 Å². The van der Waals surface area contributed by atoms with E-state index in [4.69, 9.17) is 5.73 Å². The third-order valence-electron chi connectivity index (χ3n) is 2.50. The number of nitrogens with zero attached hydrogens (tertiary/aromatic N) is 2. The molecule has 2 aromatic rings. The molecule has 0 saturated carbocycles. The molecule has 0 aliphatic carbocycles. The Kier molecular flexibility index (Phi) is 3.89. The van der Waals surface area contributed by atoms with Gasteiger partial charge in [0.25, 0.3) is 0 Å². The quantitative estimate of drug-likeness (QED) is 0.889. The Hall–Kier alpha value is -2.24. The summed E-state index contributed by atoms with van der Waals surface area (Å²) in [6.07, 6.45) is 0.484. The Bertz CT molecular complexity index is 495. The van der Waals surface area contributed by atoms with Crippen molar-refractivity contribution in [2.24, 2.45) is 0 Å². The van der Waals surface area contributed by atoms with E-state index in [9.17, 15) is 8.78 Å². The zero-order valence-electron chi connectivity index (χ0n) is 10.5. The summed E-state index contributed by atoms with van der Waals surface area (Å²) >= 11 is 0. The highest BCUT2D eigenvalue weighted by molar-refractivity contribution is 5.44. The van der Waals surface area contributed by atoms with Crippen LogP contribution in [0.2, 0.25) is 0 Å². The van der Waals surface area contributed by atoms with E-state index < -0.39 is 11.6 Å². The van der Waals surface area contributed by atoms with Gasteiger partial charge in [-0.1, -0.05) is 0 Å². The third kappa shape index (κ3) is 3.87. The van der Waals surface area contributed by atoms with Crippen LogP contribution in [0, 0.1) is 18.6 Å². The van der Waals surface area contributed by atoms with Crippen LogP contribution in [0.3, 0.4) is 0 Å². The summed E-state index contributed by atoms with van der Waals surface area (Å²) in [5.41, 5.74) is 6.18. The van der Waals surface area contributed by atoms with Gasteiger partial charge >= 0.3 is 0 Å². The lowest BCUT2D eigenvalue weighted by Crippen LogP contribution is -2.08. The fourth-order valence-corrected chi connectivity index (χ4v) is 1.77. The van der Waals surface area contributed by atoms with E-state index in [-0.39, 0.29) is 0 Å². The van der Waals surface area contributed by atoms with E-state index in [0.29, 0.717) is 36.0 Å². The highest BCUT2D eigenvalue weighted by Crippen LogP contribution is 2.10. The molecule has 100 valence electrons. The topological polar surface area (TPSA) is 63.8 Å². The predicted octanol–water partition coefficient (Wildman–Crippen LogP) is 2.30. The highest BCUT2D eigenvalue weighted by atomic mass is 19.1. The second-order valence-electron chi connectivity index (χ2n) is 4.18. The molecule has 1 aromatic carbocycles. The Balaban J connectivity index is 1.96. The average Bonchev–Trinajstić information content (AvgIpc) is 2.26. The van der Waals surface area contributed by atoms with Gasteiger partial charge in [-0.25, -0.2) is 18.7 Å². The summed E-state index contributed by atoms with van der Waals surface area (Å²) < 4.78 is 26.0. The van der Waals surface area contributed by atoms with Crippen molar-refractivity contribution in [3.05, 3.63) is 47.3 Å². The van der Waals surface area contributed by atoms with Gasteiger partial charge in [0, 0.05) is 18.7 Å². The molecule has 0 atom stereocenters. The van der Waals surface area contributed by atoms with Gasteiger partial charge in [-0.15, -0.1) is 0 Å². The van der Waals surface area contributed by atoms with Gasteiger partial charge in [0.2, 0.25) is 0 Å². The molecule has 0 aliphatic rings. The lowest BCUT2D eigenvalue weighted by molar-refractivity contribution is 0.580. The number of halogens is 2. The maximum atomic E-state index is 13.0. The zero-order chi connectivity index (χ0) is 13.8. The molecule has 19 heavy (non-hydrogen) atoms. The van der Waals surface area contributed by atoms with E-state index in [1.165, 1.54) is 12.1 Å². The molecule has 0 radical (unpaired) electrons. The van der Waals surface area contributed by atoms with Gasteiger partial charge in [-0.2, -0.15) is 0 Å². The monoisotopic (exact) mass is 264 g/mol. The SMILES string of the molecule is Cc1nc(N)cc(NCCc2cc(F)cc(F)c2)n1. The fraction of sp³-hybridized carbons (Fsp3) is 0.231. The second-order valence-corrected chi connectivity index (χ2v) is 4.18. The summed E-state index contributed by atoms with van der Waals surface area (Å²) in [6, 6.07) is 5.08. The molecule has 0 unspecified atom stereocenters. The van der Waals surface area contributed by atoms with E-state index in [1.54, 1.807) is 13.0 Å². The molecule has 3 N–H and O–H groups in total. The van der Waals surface area contributed by atoms with Crippen molar-refractivity contribution in [3.8, 4) is 0 Å². The van der Waals surface area contributed by atoms with Gasteiger partial charge in [0.15, 0.2) is 0 Å². The van der Waals surface area contributed by atoms with Crippen LogP contribution in [-0.4, -0.2) is 16.5 Å². The number of nitrogens with two attached hydrogens (primary N) is 1. The van der Waals surface area contributed by atoms with E-state index >= 15 is 0 Å². The minimum absolute atomic E-state index is 0.381. The average molecular weight is 264 g/mol. The molecule has 0 fully saturated rings. The van der Waals surface area contributed by atoms with Gasteiger partial charge in [0.1, 0.15) is 29.1 Å². The van der Waals surface area contributed by atoms with Crippen molar-refractivity contribution in [1.29, 1.82) is 0 Å². The molecule has 1 aromatic heterocycles. The minimum atomic E-state index is -0.572. The summed E-state index contributed by atoms with van der Waals surface area (Å²) in [6.45, 7) is 2.24. The summed E-state index contributed by atoms with van der Waals surface area (Å²) in [7, 11) is 0. The first-order chi connectivity index (χ1) is 9.02. The van der Waals surface area contributed by atoms with Crippen LogP contribution in [0.5, 0.6) is 0 Å². The molecule has 2 rings (SSSR count). The number of benzene rings is 1. The molecular weight excluding hydrogens is 250 g/mol. The lowest BCUT2D eigenvalue weighted by Gasteiger charge is -2.07. The van der Waals surface area contributed by atoms with Crippen LogP contribution in [0.25, 0.3) is 0 Å². The molecular formula is C13H14F2N4. The molecule has 0 aliphatic heterocycles. The number of hydrogen-bond acceptors (Lipinski definition) is 4. The smallest absolute Gasteiger partial charge is 0.131 e. The number of nitrogens with one attached hydrogen (secondary N) is 1. The number of hydrogen-bond donors (Lipinski definition) is 2. The summed E-state index contributed by atoms with van der Waals surface area (Å²) in [4.78, 5) is 8.10. The predicted molar refractivity (Wildman–Crippen MR) is 69.7 cm³/mol. The minimum Gasteiger partial charge on any atom is -0.384 e. The van der Waals surface area contributed by atoms with E-state index in [0.717, 1.165) is 6.07 Å².